The van der Waals surface area contributed by atoms with Crippen LogP contribution in [0.4, 0.5) is 4.39 Å². The molecule has 162 valence electrons. The first-order valence-corrected chi connectivity index (χ1v) is 9.91. The van der Waals surface area contributed by atoms with Crippen LogP contribution in [0.25, 0.3) is 33.5 Å². The fourth-order valence-corrected chi connectivity index (χ4v) is 3.47. The van der Waals surface area contributed by atoms with Gasteiger partial charge in [-0.1, -0.05) is 13.0 Å². The lowest BCUT2D eigenvalue weighted by molar-refractivity contribution is 0.128. The molecule has 0 aliphatic rings. The van der Waals surface area contributed by atoms with E-state index in [-0.39, 0.29) is 11.3 Å². The van der Waals surface area contributed by atoms with Gasteiger partial charge in [0.1, 0.15) is 5.82 Å². The molecule has 31 heavy (non-hydrogen) atoms. The van der Waals surface area contributed by atoms with Crippen molar-refractivity contribution < 1.29 is 24.1 Å². The minimum absolute atomic E-state index is 0.0173. The molecule has 9 heteroatoms. The third-order valence-corrected chi connectivity index (χ3v) is 5.03. The normalized spacial score (nSPS) is 11.3. The van der Waals surface area contributed by atoms with Gasteiger partial charge in [-0.15, -0.1) is 0 Å². The Bertz CT molecular complexity index is 1200. The van der Waals surface area contributed by atoms with Gasteiger partial charge in [-0.2, -0.15) is 5.10 Å². The Morgan fingerprint density at radius 3 is 2.68 bits per heavy atom. The van der Waals surface area contributed by atoms with E-state index >= 15 is 0 Å². The lowest BCUT2D eigenvalue weighted by Gasteiger charge is -2.13. The molecule has 8 nitrogen and oxygen atoms in total. The molecule has 4 rings (SSSR count). The summed E-state index contributed by atoms with van der Waals surface area (Å²) in [5, 5.41) is 26.8. The molecule has 0 unspecified atom stereocenters. The largest absolute Gasteiger partial charge is 0.502 e. The number of hydrogen-bond acceptors (Lipinski definition) is 6. The number of rotatable bonds is 8. The van der Waals surface area contributed by atoms with Gasteiger partial charge in [-0.25, -0.2) is 9.37 Å². The Balaban J connectivity index is 1.89. The van der Waals surface area contributed by atoms with Crippen molar-refractivity contribution in [3.63, 3.8) is 0 Å². The van der Waals surface area contributed by atoms with Crippen molar-refractivity contribution >= 4 is 11.0 Å². The molecule has 0 aliphatic heterocycles. The van der Waals surface area contributed by atoms with Gasteiger partial charge in [0.05, 0.1) is 36.5 Å². The molecule has 0 fully saturated rings. The molecular formula is C22H23FN4O4. The molecule has 2 heterocycles. The van der Waals surface area contributed by atoms with E-state index in [4.69, 9.17) is 9.47 Å². The smallest absolute Gasteiger partial charge is 0.203 e. The first-order chi connectivity index (χ1) is 15.0. The third-order valence-electron chi connectivity index (χ3n) is 5.03. The zero-order valence-electron chi connectivity index (χ0n) is 17.2. The van der Waals surface area contributed by atoms with Crippen molar-refractivity contribution in [1.82, 2.24) is 19.7 Å². The number of fused-ring (bicyclic) bond motifs is 1. The number of nitrogens with one attached hydrogen (secondary N) is 1. The second kappa shape index (κ2) is 8.65. The van der Waals surface area contributed by atoms with Gasteiger partial charge < -0.3 is 24.3 Å². The van der Waals surface area contributed by atoms with Crippen LogP contribution >= 0.6 is 0 Å². The number of imidazole rings is 1. The molecular weight excluding hydrogens is 403 g/mol. The minimum atomic E-state index is -0.973. The summed E-state index contributed by atoms with van der Waals surface area (Å²) in [4.78, 5) is 4.61. The van der Waals surface area contributed by atoms with Crippen molar-refractivity contribution in [3.8, 4) is 39.8 Å². The van der Waals surface area contributed by atoms with E-state index in [9.17, 15) is 14.6 Å². The number of phenolic OH excluding ortho intramolecular Hbond substituents is 2. The van der Waals surface area contributed by atoms with Crippen molar-refractivity contribution in [2.75, 3.05) is 20.3 Å². The summed E-state index contributed by atoms with van der Waals surface area (Å²) in [5.41, 5.74) is 3.29. The number of benzene rings is 2. The van der Waals surface area contributed by atoms with Crippen molar-refractivity contribution in [1.29, 1.82) is 0 Å². The zero-order valence-corrected chi connectivity index (χ0v) is 17.2. The van der Waals surface area contributed by atoms with E-state index in [1.54, 1.807) is 12.4 Å². The summed E-state index contributed by atoms with van der Waals surface area (Å²) in [6.45, 7) is 3.47. The Hall–Kier alpha value is -3.59. The Labute approximate surface area is 177 Å². The van der Waals surface area contributed by atoms with E-state index in [0.717, 1.165) is 23.1 Å². The molecule has 0 amide bonds. The van der Waals surface area contributed by atoms with Crippen molar-refractivity contribution in [3.05, 3.63) is 42.5 Å². The quantitative estimate of drug-likeness (QED) is 0.290. The predicted octanol–water partition coefficient (Wildman–Crippen LogP) is 4.08. The average Bonchev–Trinajstić information content (AvgIpc) is 3.43. The van der Waals surface area contributed by atoms with Gasteiger partial charge in [-0.05, 0) is 30.2 Å². The molecule has 0 radical (unpaired) electrons. The van der Waals surface area contributed by atoms with Crippen molar-refractivity contribution in [2.45, 2.75) is 19.9 Å². The standard InChI is InChI=1S/C22H23FN4O4/c1-3-7-31-8-6-27-17-9-13(14-11-24-25-12-14)4-5-16(17)26-22(27)15-10-18(30-2)20(28)21(29)19(15)23/h4-5,9-12,28-29H,3,6-8H2,1-2H3,(H,24,25). The summed E-state index contributed by atoms with van der Waals surface area (Å²) in [6, 6.07) is 7.03. The lowest BCUT2D eigenvalue weighted by atomic mass is 10.1. The highest BCUT2D eigenvalue weighted by molar-refractivity contribution is 5.86. The number of phenols is 2. The van der Waals surface area contributed by atoms with Gasteiger partial charge in [0.2, 0.25) is 5.75 Å². The second-order valence-electron chi connectivity index (χ2n) is 7.03. The second-order valence-corrected chi connectivity index (χ2v) is 7.03. The van der Waals surface area contributed by atoms with Gasteiger partial charge in [0, 0.05) is 24.9 Å². The lowest BCUT2D eigenvalue weighted by Crippen LogP contribution is -2.09. The van der Waals surface area contributed by atoms with Crippen molar-refractivity contribution in [2.24, 2.45) is 0 Å². The van der Waals surface area contributed by atoms with Gasteiger partial charge >= 0.3 is 0 Å². The summed E-state index contributed by atoms with van der Waals surface area (Å²) in [6.07, 6.45) is 4.39. The van der Waals surface area contributed by atoms with Crippen LogP contribution in [0.15, 0.2) is 36.7 Å². The molecule has 0 bridgehead atoms. The van der Waals surface area contributed by atoms with E-state index in [1.165, 1.54) is 13.2 Å². The zero-order chi connectivity index (χ0) is 22.0. The predicted molar refractivity (Wildman–Crippen MR) is 114 cm³/mol. The molecule has 4 aromatic rings. The highest BCUT2D eigenvalue weighted by Gasteiger charge is 2.23. The first kappa shape index (κ1) is 20.7. The summed E-state index contributed by atoms with van der Waals surface area (Å²) >= 11 is 0. The molecule has 0 atom stereocenters. The number of H-pyrrole nitrogens is 1. The maximum Gasteiger partial charge on any atom is 0.203 e. The maximum absolute atomic E-state index is 15.0. The molecule has 0 aliphatic carbocycles. The number of aromatic amines is 1. The molecule has 2 aromatic carbocycles. The average molecular weight is 426 g/mol. The fraction of sp³-hybridized carbons (Fsp3) is 0.273. The Kier molecular flexibility index (Phi) is 5.77. The monoisotopic (exact) mass is 426 g/mol. The summed E-state index contributed by atoms with van der Waals surface area (Å²) in [5.74, 6) is -2.26. The van der Waals surface area contributed by atoms with E-state index in [2.05, 4.69) is 15.2 Å². The van der Waals surface area contributed by atoms with Crippen LogP contribution in [0.1, 0.15) is 13.3 Å². The molecule has 0 spiro atoms. The van der Waals surface area contributed by atoms with E-state index in [1.807, 2.05) is 29.7 Å². The van der Waals surface area contributed by atoms with Gasteiger partial charge in [-0.3, -0.25) is 5.10 Å². The first-order valence-electron chi connectivity index (χ1n) is 9.91. The van der Waals surface area contributed by atoms with E-state index < -0.39 is 17.3 Å². The van der Waals surface area contributed by atoms with E-state index in [0.29, 0.717) is 31.1 Å². The molecule has 0 saturated carbocycles. The van der Waals surface area contributed by atoms with Crippen LogP contribution in [-0.4, -0.2) is 50.3 Å². The van der Waals surface area contributed by atoms with Crippen LogP contribution in [0.2, 0.25) is 0 Å². The molecule has 0 saturated heterocycles. The SMILES string of the molecule is CCCOCCn1c(-c2cc(OC)c(O)c(O)c2F)nc2ccc(-c3cn[nH]c3)cc21. The van der Waals surface area contributed by atoms with Gasteiger partial charge in [0.15, 0.2) is 17.3 Å². The van der Waals surface area contributed by atoms with Crippen LogP contribution < -0.4 is 4.74 Å². The van der Waals surface area contributed by atoms with Gasteiger partial charge in [0.25, 0.3) is 0 Å². The molecule has 3 N–H and O–H groups in total. The number of ether oxygens (including phenoxy) is 2. The fourth-order valence-electron chi connectivity index (χ4n) is 3.47. The number of methoxy groups -OCH3 is 1. The maximum atomic E-state index is 15.0. The van der Waals surface area contributed by atoms with Crippen LogP contribution in [-0.2, 0) is 11.3 Å². The third kappa shape index (κ3) is 3.79. The summed E-state index contributed by atoms with van der Waals surface area (Å²) < 4.78 is 27.5. The number of hydrogen-bond donors (Lipinski definition) is 3. The van der Waals surface area contributed by atoms with Crippen LogP contribution in [0.5, 0.6) is 17.2 Å². The number of nitrogens with zero attached hydrogens (tertiary/aromatic N) is 3. The minimum Gasteiger partial charge on any atom is -0.502 e. The number of aromatic nitrogens is 4. The highest BCUT2D eigenvalue weighted by atomic mass is 19.1. The highest BCUT2D eigenvalue weighted by Crippen LogP contribution is 2.43. The summed E-state index contributed by atoms with van der Waals surface area (Å²) in [7, 11) is 1.33. The molecule has 2 aromatic heterocycles. The van der Waals surface area contributed by atoms with Crippen LogP contribution in [0, 0.1) is 5.82 Å². The Morgan fingerprint density at radius 2 is 1.97 bits per heavy atom. The number of aromatic hydroxyl groups is 2. The van der Waals surface area contributed by atoms with Crippen LogP contribution in [0.3, 0.4) is 0 Å². The number of halogens is 1. The Morgan fingerprint density at radius 1 is 1.13 bits per heavy atom. The topological polar surface area (TPSA) is 105 Å².